The molecular formula is C13H17BrFNO5. The number of hydrogen-bond donors (Lipinski definition) is 0. The van der Waals surface area contributed by atoms with Crippen LogP contribution in [0, 0.1) is 15.9 Å². The van der Waals surface area contributed by atoms with Gasteiger partial charge in [0.25, 0.3) is 0 Å². The topological polar surface area (TPSA) is 70.8 Å². The van der Waals surface area contributed by atoms with Crippen molar-refractivity contribution in [3.05, 3.63) is 32.5 Å². The van der Waals surface area contributed by atoms with E-state index in [2.05, 4.69) is 15.9 Å². The summed E-state index contributed by atoms with van der Waals surface area (Å²) in [5.41, 5.74) is -0.425. The first-order valence-corrected chi connectivity index (χ1v) is 7.28. The second-order valence-electron chi connectivity index (χ2n) is 3.97. The van der Waals surface area contributed by atoms with Gasteiger partial charge in [0.2, 0.25) is 5.75 Å². The van der Waals surface area contributed by atoms with Gasteiger partial charge in [0.05, 0.1) is 22.1 Å². The van der Waals surface area contributed by atoms with Gasteiger partial charge < -0.3 is 14.2 Å². The van der Waals surface area contributed by atoms with Crippen molar-refractivity contribution in [2.24, 2.45) is 0 Å². The summed E-state index contributed by atoms with van der Waals surface area (Å²) in [5.74, 6) is -0.712. The number of hydrogen-bond acceptors (Lipinski definition) is 5. The van der Waals surface area contributed by atoms with E-state index in [1.807, 2.05) is 13.8 Å². The van der Waals surface area contributed by atoms with Crippen molar-refractivity contribution < 1.29 is 23.5 Å². The number of halogens is 2. The molecule has 1 aromatic rings. The van der Waals surface area contributed by atoms with Gasteiger partial charge in [0, 0.05) is 19.6 Å². The SMILES string of the molecule is CCOC(CCOc1c(Br)cc(F)cc1[N+](=O)[O-])OCC. The standard InChI is InChI=1S/C13H17BrFNO5/c1-3-19-12(20-4-2)5-6-21-13-10(14)7-9(15)8-11(13)16(17)18/h7-8,12H,3-6H2,1-2H3. The van der Waals surface area contributed by atoms with Crippen LogP contribution < -0.4 is 4.74 Å². The van der Waals surface area contributed by atoms with E-state index in [1.165, 1.54) is 0 Å². The van der Waals surface area contributed by atoms with Gasteiger partial charge in [-0.3, -0.25) is 10.1 Å². The van der Waals surface area contributed by atoms with Crippen LogP contribution in [0.3, 0.4) is 0 Å². The smallest absolute Gasteiger partial charge is 0.315 e. The molecular weight excluding hydrogens is 349 g/mol. The van der Waals surface area contributed by atoms with E-state index >= 15 is 0 Å². The van der Waals surface area contributed by atoms with E-state index < -0.39 is 22.7 Å². The Morgan fingerprint density at radius 2 is 1.95 bits per heavy atom. The third-order valence-electron chi connectivity index (χ3n) is 2.49. The molecule has 21 heavy (non-hydrogen) atoms. The highest BCUT2D eigenvalue weighted by atomic mass is 79.9. The minimum Gasteiger partial charge on any atom is -0.486 e. The van der Waals surface area contributed by atoms with Crippen molar-refractivity contribution >= 4 is 21.6 Å². The fourth-order valence-corrected chi connectivity index (χ4v) is 2.21. The summed E-state index contributed by atoms with van der Waals surface area (Å²) >= 11 is 3.06. The molecule has 1 aromatic carbocycles. The maximum atomic E-state index is 13.2. The molecule has 0 N–H and O–H groups in total. The number of nitrogens with zero attached hydrogens (tertiary/aromatic N) is 1. The molecule has 0 saturated carbocycles. The summed E-state index contributed by atoms with van der Waals surface area (Å²) < 4.78 is 29.5. The van der Waals surface area contributed by atoms with Crippen LogP contribution >= 0.6 is 15.9 Å². The fourth-order valence-electron chi connectivity index (χ4n) is 1.67. The lowest BCUT2D eigenvalue weighted by atomic mass is 10.3. The van der Waals surface area contributed by atoms with Gasteiger partial charge in [0.15, 0.2) is 6.29 Å². The van der Waals surface area contributed by atoms with Gasteiger partial charge in [-0.2, -0.15) is 0 Å². The van der Waals surface area contributed by atoms with Crippen LogP contribution in [0.25, 0.3) is 0 Å². The molecule has 0 aliphatic rings. The molecule has 0 radical (unpaired) electrons. The van der Waals surface area contributed by atoms with Gasteiger partial charge in [-0.05, 0) is 35.8 Å². The lowest BCUT2D eigenvalue weighted by Gasteiger charge is -2.17. The lowest BCUT2D eigenvalue weighted by Crippen LogP contribution is -2.20. The minimum absolute atomic E-state index is 0.00635. The zero-order valence-corrected chi connectivity index (χ0v) is 13.4. The van der Waals surface area contributed by atoms with Gasteiger partial charge >= 0.3 is 5.69 Å². The predicted octanol–water partition coefficient (Wildman–Crippen LogP) is 3.66. The maximum absolute atomic E-state index is 13.2. The van der Waals surface area contributed by atoms with Crippen molar-refractivity contribution in [1.82, 2.24) is 0 Å². The molecule has 6 nitrogen and oxygen atoms in total. The second kappa shape index (κ2) is 8.91. The van der Waals surface area contributed by atoms with E-state index in [4.69, 9.17) is 14.2 Å². The lowest BCUT2D eigenvalue weighted by molar-refractivity contribution is -0.386. The summed E-state index contributed by atoms with van der Waals surface area (Å²) in [6.07, 6.45) is -0.0267. The Bertz CT molecular complexity index is 480. The van der Waals surface area contributed by atoms with Crippen LogP contribution in [0.1, 0.15) is 20.3 Å². The van der Waals surface area contributed by atoms with Gasteiger partial charge in [-0.1, -0.05) is 0 Å². The molecule has 0 unspecified atom stereocenters. The minimum atomic E-state index is -0.706. The molecule has 0 aliphatic heterocycles. The summed E-state index contributed by atoms with van der Waals surface area (Å²) in [7, 11) is 0. The van der Waals surface area contributed by atoms with Crippen molar-refractivity contribution in [3.8, 4) is 5.75 Å². The summed E-state index contributed by atoms with van der Waals surface area (Å²) in [6.45, 7) is 4.81. The first kappa shape index (κ1) is 17.8. The molecule has 0 bridgehead atoms. The molecule has 0 fully saturated rings. The highest BCUT2D eigenvalue weighted by molar-refractivity contribution is 9.10. The predicted molar refractivity (Wildman–Crippen MR) is 77.9 cm³/mol. The largest absolute Gasteiger partial charge is 0.486 e. The Hall–Kier alpha value is -1.25. The molecule has 0 spiro atoms. The molecule has 0 amide bonds. The third-order valence-corrected chi connectivity index (χ3v) is 3.08. The van der Waals surface area contributed by atoms with Crippen molar-refractivity contribution in [2.75, 3.05) is 19.8 Å². The molecule has 0 saturated heterocycles. The number of ether oxygens (including phenoxy) is 3. The van der Waals surface area contributed by atoms with E-state index in [0.717, 1.165) is 12.1 Å². The van der Waals surface area contributed by atoms with Crippen molar-refractivity contribution in [1.29, 1.82) is 0 Å². The number of benzene rings is 1. The first-order valence-electron chi connectivity index (χ1n) is 6.49. The summed E-state index contributed by atoms with van der Waals surface area (Å²) in [6, 6.07) is 1.94. The number of rotatable bonds is 9. The highest BCUT2D eigenvalue weighted by Gasteiger charge is 2.21. The zero-order valence-electron chi connectivity index (χ0n) is 11.8. The maximum Gasteiger partial charge on any atom is 0.315 e. The van der Waals surface area contributed by atoms with Crippen LogP contribution in [0.5, 0.6) is 5.75 Å². The molecule has 8 heteroatoms. The molecule has 118 valence electrons. The van der Waals surface area contributed by atoms with E-state index in [9.17, 15) is 14.5 Å². The number of nitro groups is 1. The van der Waals surface area contributed by atoms with E-state index in [-0.39, 0.29) is 16.8 Å². The molecule has 0 atom stereocenters. The number of nitro benzene ring substituents is 1. The van der Waals surface area contributed by atoms with Gasteiger partial charge in [0.1, 0.15) is 5.82 Å². The molecule has 1 rings (SSSR count). The van der Waals surface area contributed by atoms with Crippen LogP contribution in [0.15, 0.2) is 16.6 Å². The Balaban J connectivity index is 2.72. The van der Waals surface area contributed by atoms with Crippen LogP contribution in [-0.4, -0.2) is 31.0 Å². The molecule has 0 aliphatic carbocycles. The van der Waals surface area contributed by atoms with Gasteiger partial charge in [-0.25, -0.2) is 4.39 Å². The average molecular weight is 366 g/mol. The highest BCUT2D eigenvalue weighted by Crippen LogP contribution is 2.36. The Morgan fingerprint density at radius 3 is 2.48 bits per heavy atom. The monoisotopic (exact) mass is 365 g/mol. The second-order valence-corrected chi connectivity index (χ2v) is 4.82. The Morgan fingerprint density at radius 1 is 1.33 bits per heavy atom. The first-order chi connectivity index (χ1) is 9.99. The normalized spacial score (nSPS) is 10.9. The van der Waals surface area contributed by atoms with Crippen LogP contribution in [-0.2, 0) is 9.47 Å². The average Bonchev–Trinajstić information content (AvgIpc) is 2.40. The third kappa shape index (κ3) is 5.56. The van der Waals surface area contributed by atoms with E-state index in [0.29, 0.717) is 19.6 Å². The van der Waals surface area contributed by atoms with Crippen molar-refractivity contribution in [3.63, 3.8) is 0 Å². The molecule has 0 aromatic heterocycles. The quantitative estimate of drug-likeness (QED) is 0.379. The Labute approximate surface area is 130 Å². The van der Waals surface area contributed by atoms with Crippen LogP contribution in [0.4, 0.5) is 10.1 Å². The van der Waals surface area contributed by atoms with Crippen molar-refractivity contribution in [2.45, 2.75) is 26.6 Å². The summed E-state index contributed by atoms with van der Waals surface area (Å²) in [4.78, 5) is 10.2. The van der Waals surface area contributed by atoms with Gasteiger partial charge in [-0.15, -0.1) is 0 Å². The fraction of sp³-hybridized carbons (Fsp3) is 0.538. The van der Waals surface area contributed by atoms with Crippen LogP contribution in [0.2, 0.25) is 0 Å². The Kier molecular flexibility index (Phi) is 7.55. The van der Waals surface area contributed by atoms with E-state index in [1.54, 1.807) is 0 Å². The molecule has 0 heterocycles. The zero-order chi connectivity index (χ0) is 15.8. The summed E-state index contributed by atoms with van der Waals surface area (Å²) in [5, 5.41) is 10.9.